The molecule has 2 aromatic carbocycles. The van der Waals surface area contributed by atoms with Gasteiger partial charge >= 0.3 is 0 Å². The van der Waals surface area contributed by atoms with Crippen molar-refractivity contribution in [3.05, 3.63) is 65.4 Å². The molecule has 0 fully saturated rings. The van der Waals surface area contributed by atoms with Crippen LogP contribution >= 0.6 is 0 Å². The fourth-order valence-corrected chi connectivity index (χ4v) is 4.74. The minimum Gasteiger partial charge on any atom is -0.494 e. The second-order valence-electron chi connectivity index (χ2n) is 9.74. The van der Waals surface area contributed by atoms with Gasteiger partial charge in [0.25, 0.3) is 0 Å². The zero-order chi connectivity index (χ0) is 23.0. The molecule has 1 aliphatic heterocycles. The number of hydrogen-bond acceptors (Lipinski definition) is 4. The Hall–Kier alpha value is -3.08. The van der Waals surface area contributed by atoms with Crippen LogP contribution in [0.1, 0.15) is 59.1 Å². The molecule has 0 radical (unpaired) electrons. The first kappa shape index (κ1) is 22.1. The first-order valence-corrected chi connectivity index (χ1v) is 11.4. The summed E-state index contributed by atoms with van der Waals surface area (Å²) in [5.41, 5.74) is 4.02. The third-order valence-electron chi connectivity index (χ3n) is 6.14. The van der Waals surface area contributed by atoms with Gasteiger partial charge in [0, 0.05) is 23.6 Å². The number of rotatable bonds is 4. The third kappa shape index (κ3) is 4.04. The first-order chi connectivity index (χ1) is 15.2. The van der Waals surface area contributed by atoms with Crippen LogP contribution in [0.5, 0.6) is 5.75 Å². The molecule has 32 heavy (non-hydrogen) atoms. The van der Waals surface area contributed by atoms with Gasteiger partial charge in [0.15, 0.2) is 5.78 Å². The monoisotopic (exact) mass is 432 g/mol. The molecule has 5 nitrogen and oxygen atoms in total. The van der Waals surface area contributed by atoms with Gasteiger partial charge in [0.05, 0.1) is 24.0 Å². The Kier molecular flexibility index (Phi) is 5.85. The number of hydrogen-bond donors (Lipinski definition) is 1. The Bertz CT molecular complexity index is 1070. The molecule has 4 rings (SSSR count). The zero-order valence-corrected chi connectivity index (χ0v) is 19.6. The number of Topliss-reactive ketones (excluding diaryl/α,β-unsaturated/α-hetero) is 1. The summed E-state index contributed by atoms with van der Waals surface area (Å²) in [4.78, 5) is 29.0. The highest BCUT2D eigenvalue weighted by molar-refractivity contribution is 6.06. The van der Waals surface area contributed by atoms with Crippen LogP contribution in [0.25, 0.3) is 0 Å². The summed E-state index contributed by atoms with van der Waals surface area (Å²) < 4.78 is 5.62. The van der Waals surface area contributed by atoms with Gasteiger partial charge in [-0.2, -0.15) is 0 Å². The minimum atomic E-state index is -0.490. The van der Waals surface area contributed by atoms with Crippen LogP contribution in [0.4, 0.5) is 11.4 Å². The number of benzene rings is 2. The lowest BCUT2D eigenvalue weighted by molar-refractivity contribution is -0.122. The topological polar surface area (TPSA) is 58.6 Å². The van der Waals surface area contributed by atoms with Gasteiger partial charge in [-0.15, -0.1) is 0 Å². The normalized spacial score (nSPS) is 19.8. The number of carbonyl (C=O) groups excluding carboxylic acids is 2. The maximum atomic E-state index is 13.6. The van der Waals surface area contributed by atoms with Crippen molar-refractivity contribution in [2.24, 2.45) is 11.3 Å². The van der Waals surface area contributed by atoms with Crippen LogP contribution < -0.4 is 15.0 Å². The lowest BCUT2D eigenvalue weighted by atomic mass is 9.73. The van der Waals surface area contributed by atoms with Gasteiger partial charge in [-0.05, 0) is 48.6 Å². The summed E-state index contributed by atoms with van der Waals surface area (Å²) in [6.07, 6.45) is 1.21. The van der Waals surface area contributed by atoms with E-state index in [0.717, 1.165) is 34.8 Å². The number of ketones is 1. The highest BCUT2D eigenvalue weighted by Crippen LogP contribution is 2.48. The number of para-hydroxylation sites is 2. The molecule has 0 spiro atoms. The molecule has 0 bridgehead atoms. The molecule has 5 heteroatoms. The fraction of sp³-hybridized carbons (Fsp3) is 0.407. The van der Waals surface area contributed by atoms with E-state index in [1.165, 1.54) is 0 Å². The summed E-state index contributed by atoms with van der Waals surface area (Å²) >= 11 is 0. The zero-order valence-electron chi connectivity index (χ0n) is 19.6. The average molecular weight is 433 g/mol. The van der Waals surface area contributed by atoms with Crippen molar-refractivity contribution < 1.29 is 14.3 Å². The number of nitrogens with one attached hydrogen (secondary N) is 1. The lowest BCUT2D eigenvalue weighted by Gasteiger charge is -2.37. The Balaban J connectivity index is 1.96. The highest BCUT2D eigenvalue weighted by Gasteiger charge is 2.43. The second-order valence-corrected chi connectivity index (χ2v) is 9.74. The number of anilines is 2. The predicted molar refractivity (Wildman–Crippen MR) is 128 cm³/mol. The predicted octanol–water partition coefficient (Wildman–Crippen LogP) is 5.88. The molecule has 168 valence electrons. The number of nitrogens with zero attached hydrogens (tertiary/aromatic N) is 1. The number of ether oxygens (including phenoxy) is 1. The molecule has 1 aliphatic carbocycles. The van der Waals surface area contributed by atoms with E-state index in [1.807, 2.05) is 74.2 Å². The molecule has 0 saturated carbocycles. The van der Waals surface area contributed by atoms with Crippen molar-refractivity contribution in [1.82, 2.24) is 0 Å². The molecule has 2 aliphatic rings. The molecule has 1 N–H and O–H groups in total. The van der Waals surface area contributed by atoms with Crippen LogP contribution in [0.15, 0.2) is 59.8 Å². The number of fused-ring (bicyclic) bond motifs is 1. The molecule has 1 amide bonds. The van der Waals surface area contributed by atoms with Crippen LogP contribution in [-0.2, 0) is 9.59 Å². The SMILES string of the molecule is CCOc1ccc([C@H]2C3=C(CC(C)(C)CC3=O)Nc3ccccc3N2C(=O)C(C)C)cc1. The standard InChI is InChI=1S/C27H32N2O3/c1-6-32-19-13-11-18(12-14-19)25-24-21(15-27(4,5)16-23(24)30)28-20-9-7-8-10-22(20)29(25)26(31)17(2)3/h7-14,17,25,28H,6,15-16H2,1-5H3/t25-/m0/s1. The molecule has 0 unspecified atom stereocenters. The van der Waals surface area contributed by atoms with Crippen molar-refractivity contribution in [1.29, 1.82) is 0 Å². The molecule has 0 saturated heterocycles. The Morgan fingerprint density at radius 2 is 1.81 bits per heavy atom. The smallest absolute Gasteiger partial charge is 0.230 e. The molecular weight excluding hydrogens is 400 g/mol. The number of allylic oxidation sites excluding steroid dienone is 1. The van der Waals surface area contributed by atoms with Gasteiger partial charge in [-0.1, -0.05) is 52.0 Å². The lowest BCUT2D eigenvalue weighted by Crippen LogP contribution is -2.41. The number of carbonyl (C=O) groups is 2. The fourth-order valence-electron chi connectivity index (χ4n) is 4.74. The average Bonchev–Trinajstić information content (AvgIpc) is 2.87. The summed E-state index contributed by atoms with van der Waals surface area (Å²) in [6, 6.07) is 15.1. The molecule has 2 aromatic rings. The van der Waals surface area contributed by atoms with E-state index < -0.39 is 6.04 Å². The van der Waals surface area contributed by atoms with Crippen molar-refractivity contribution >= 4 is 23.1 Å². The van der Waals surface area contributed by atoms with E-state index in [2.05, 4.69) is 19.2 Å². The Labute approximate surface area is 190 Å². The quantitative estimate of drug-likeness (QED) is 0.655. The minimum absolute atomic E-state index is 0.00971. The van der Waals surface area contributed by atoms with Crippen LogP contribution in [0.2, 0.25) is 0 Å². The van der Waals surface area contributed by atoms with E-state index in [0.29, 0.717) is 18.6 Å². The van der Waals surface area contributed by atoms with Crippen LogP contribution in [0, 0.1) is 11.3 Å². The van der Waals surface area contributed by atoms with Crippen LogP contribution in [-0.4, -0.2) is 18.3 Å². The van der Waals surface area contributed by atoms with Gasteiger partial charge in [-0.25, -0.2) is 0 Å². The van der Waals surface area contributed by atoms with Crippen molar-refractivity contribution in [2.75, 3.05) is 16.8 Å². The van der Waals surface area contributed by atoms with E-state index in [4.69, 9.17) is 4.74 Å². The van der Waals surface area contributed by atoms with E-state index in [-0.39, 0.29) is 23.0 Å². The summed E-state index contributed by atoms with van der Waals surface area (Å²) in [5.74, 6) is 0.641. The summed E-state index contributed by atoms with van der Waals surface area (Å²) in [6.45, 7) is 10.6. The Morgan fingerprint density at radius 1 is 1.12 bits per heavy atom. The highest BCUT2D eigenvalue weighted by atomic mass is 16.5. The maximum absolute atomic E-state index is 13.6. The van der Waals surface area contributed by atoms with Gasteiger partial charge in [0.1, 0.15) is 5.75 Å². The first-order valence-electron chi connectivity index (χ1n) is 11.4. The van der Waals surface area contributed by atoms with Crippen molar-refractivity contribution in [3.63, 3.8) is 0 Å². The van der Waals surface area contributed by atoms with Gasteiger partial charge in [-0.3, -0.25) is 14.5 Å². The van der Waals surface area contributed by atoms with E-state index in [9.17, 15) is 9.59 Å². The van der Waals surface area contributed by atoms with E-state index in [1.54, 1.807) is 0 Å². The van der Waals surface area contributed by atoms with Gasteiger partial charge in [0.2, 0.25) is 5.91 Å². The van der Waals surface area contributed by atoms with E-state index >= 15 is 0 Å². The second kappa shape index (κ2) is 8.45. The molecular formula is C27H32N2O3. The number of amides is 1. The summed E-state index contributed by atoms with van der Waals surface area (Å²) in [7, 11) is 0. The van der Waals surface area contributed by atoms with Gasteiger partial charge < -0.3 is 10.1 Å². The molecule has 1 atom stereocenters. The molecule has 0 aromatic heterocycles. The maximum Gasteiger partial charge on any atom is 0.230 e. The van der Waals surface area contributed by atoms with Crippen molar-refractivity contribution in [3.8, 4) is 5.75 Å². The third-order valence-corrected chi connectivity index (χ3v) is 6.14. The Morgan fingerprint density at radius 3 is 2.47 bits per heavy atom. The molecule has 1 heterocycles. The van der Waals surface area contributed by atoms with Crippen LogP contribution in [0.3, 0.4) is 0 Å². The largest absolute Gasteiger partial charge is 0.494 e. The summed E-state index contributed by atoms with van der Waals surface area (Å²) in [5, 5.41) is 3.54. The van der Waals surface area contributed by atoms with Crippen molar-refractivity contribution in [2.45, 2.75) is 53.5 Å².